The fraction of sp³-hybridized carbons (Fsp3) is 0.412. The van der Waals surface area contributed by atoms with Crippen molar-refractivity contribution in [3.05, 3.63) is 47.8 Å². The molecular formula is C17H22N4O3S. The SMILES string of the molecule is Cn1nccc1CCNS(=O)(=O)c1cccc(C(=O)N2CCCC2)c1. The Labute approximate surface area is 147 Å². The van der Waals surface area contributed by atoms with E-state index in [0.717, 1.165) is 31.6 Å². The summed E-state index contributed by atoms with van der Waals surface area (Å²) in [6, 6.07) is 8.08. The summed E-state index contributed by atoms with van der Waals surface area (Å²) in [6.45, 7) is 1.74. The maximum absolute atomic E-state index is 12.5. The number of carbonyl (C=O) groups is 1. The van der Waals surface area contributed by atoms with Crippen LogP contribution >= 0.6 is 0 Å². The highest BCUT2D eigenvalue weighted by Gasteiger charge is 2.21. The van der Waals surface area contributed by atoms with Gasteiger partial charge < -0.3 is 4.90 Å². The summed E-state index contributed by atoms with van der Waals surface area (Å²) in [5.74, 6) is -0.107. The first kappa shape index (κ1) is 17.6. The summed E-state index contributed by atoms with van der Waals surface area (Å²) >= 11 is 0. The molecule has 2 aromatic rings. The van der Waals surface area contributed by atoms with E-state index in [0.29, 0.717) is 12.0 Å². The van der Waals surface area contributed by atoms with Crippen LogP contribution in [0.3, 0.4) is 0 Å². The van der Waals surface area contributed by atoms with Crippen molar-refractivity contribution >= 4 is 15.9 Å². The molecule has 7 nitrogen and oxygen atoms in total. The van der Waals surface area contributed by atoms with Crippen LogP contribution in [0.2, 0.25) is 0 Å². The number of hydrogen-bond acceptors (Lipinski definition) is 4. The van der Waals surface area contributed by atoms with Crippen LogP contribution in [0.1, 0.15) is 28.9 Å². The molecule has 1 amide bonds. The van der Waals surface area contributed by atoms with E-state index >= 15 is 0 Å². The van der Waals surface area contributed by atoms with E-state index < -0.39 is 10.0 Å². The molecule has 8 heteroatoms. The van der Waals surface area contributed by atoms with Gasteiger partial charge in [-0.1, -0.05) is 6.07 Å². The predicted molar refractivity (Wildman–Crippen MR) is 93.7 cm³/mol. The number of hydrogen-bond donors (Lipinski definition) is 1. The van der Waals surface area contributed by atoms with Crippen LogP contribution in [-0.4, -0.2) is 48.6 Å². The molecule has 0 atom stereocenters. The summed E-state index contributed by atoms with van der Waals surface area (Å²) in [4.78, 5) is 14.3. The number of likely N-dealkylation sites (tertiary alicyclic amines) is 1. The maximum atomic E-state index is 12.5. The Morgan fingerprint density at radius 2 is 2.00 bits per heavy atom. The van der Waals surface area contributed by atoms with Gasteiger partial charge in [-0.15, -0.1) is 0 Å². The topological polar surface area (TPSA) is 84.3 Å². The summed E-state index contributed by atoms with van der Waals surface area (Å²) < 4.78 is 29.3. The van der Waals surface area contributed by atoms with E-state index in [1.54, 1.807) is 27.9 Å². The van der Waals surface area contributed by atoms with Gasteiger partial charge >= 0.3 is 0 Å². The molecule has 25 heavy (non-hydrogen) atoms. The van der Waals surface area contributed by atoms with E-state index in [-0.39, 0.29) is 17.3 Å². The lowest BCUT2D eigenvalue weighted by Crippen LogP contribution is -2.29. The van der Waals surface area contributed by atoms with Gasteiger partial charge in [0.25, 0.3) is 5.91 Å². The minimum absolute atomic E-state index is 0.107. The van der Waals surface area contributed by atoms with Crippen LogP contribution in [0.5, 0.6) is 0 Å². The Morgan fingerprint density at radius 3 is 2.68 bits per heavy atom. The van der Waals surface area contributed by atoms with Gasteiger partial charge in [0.1, 0.15) is 0 Å². The fourth-order valence-electron chi connectivity index (χ4n) is 2.94. The highest BCUT2D eigenvalue weighted by molar-refractivity contribution is 7.89. The second kappa shape index (κ2) is 7.37. The second-order valence-electron chi connectivity index (χ2n) is 6.12. The Morgan fingerprint density at radius 1 is 1.24 bits per heavy atom. The molecule has 0 spiro atoms. The van der Waals surface area contributed by atoms with Gasteiger partial charge in [-0.25, -0.2) is 13.1 Å². The van der Waals surface area contributed by atoms with Gasteiger partial charge in [-0.3, -0.25) is 9.48 Å². The average Bonchev–Trinajstić information content (AvgIpc) is 3.27. The molecule has 1 fully saturated rings. The van der Waals surface area contributed by atoms with E-state index in [1.165, 1.54) is 12.1 Å². The normalized spacial score (nSPS) is 14.8. The van der Waals surface area contributed by atoms with Gasteiger partial charge in [0.05, 0.1) is 4.90 Å². The number of amides is 1. The number of benzene rings is 1. The van der Waals surface area contributed by atoms with Crippen LogP contribution in [0.25, 0.3) is 0 Å². The molecule has 0 unspecified atom stereocenters. The predicted octanol–water partition coefficient (Wildman–Crippen LogP) is 1.18. The molecule has 1 N–H and O–H groups in total. The van der Waals surface area contributed by atoms with Crippen LogP contribution < -0.4 is 4.72 Å². The first-order chi connectivity index (χ1) is 12.0. The van der Waals surface area contributed by atoms with E-state index in [2.05, 4.69) is 9.82 Å². The summed E-state index contributed by atoms with van der Waals surface area (Å²) in [6.07, 6.45) is 4.22. The molecule has 3 rings (SSSR count). The molecule has 1 aromatic carbocycles. The highest BCUT2D eigenvalue weighted by Crippen LogP contribution is 2.16. The van der Waals surface area contributed by atoms with Crippen LogP contribution in [-0.2, 0) is 23.5 Å². The molecule has 2 heterocycles. The minimum atomic E-state index is -3.66. The van der Waals surface area contributed by atoms with Crippen molar-refractivity contribution in [1.82, 2.24) is 19.4 Å². The molecule has 0 bridgehead atoms. The van der Waals surface area contributed by atoms with Crippen LogP contribution in [0, 0.1) is 0 Å². The lowest BCUT2D eigenvalue weighted by atomic mass is 10.2. The van der Waals surface area contributed by atoms with Crippen molar-refractivity contribution in [2.75, 3.05) is 19.6 Å². The molecule has 1 aliphatic rings. The quantitative estimate of drug-likeness (QED) is 0.836. The molecule has 0 radical (unpaired) electrons. The Balaban J connectivity index is 1.68. The number of aromatic nitrogens is 2. The fourth-order valence-corrected chi connectivity index (χ4v) is 4.02. The third-order valence-corrected chi connectivity index (χ3v) is 5.84. The second-order valence-corrected chi connectivity index (χ2v) is 7.89. The molecule has 134 valence electrons. The third-order valence-electron chi connectivity index (χ3n) is 4.38. The number of aryl methyl sites for hydroxylation is 1. The van der Waals surface area contributed by atoms with Crippen molar-refractivity contribution in [3.63, 3.8) is 0 Å². The van der Waals surface area contributed by atoms with Crippen molar-refractivity contribution < 1.29 is 13.2 Å². The van der Waals surface area contributed by atoms with Gasteiger partial charge in [-0.05, 0) is 37.1 Å². The molecular weight excluding hydrogens is 340 g/mol. The van der Waals surface area contributed by atoms with E-state index in [9.17, 15) is 13.2 Å². The summed E-state index contributed by atoms with van der Waals surface area (Å²) in [5, 5.41) is 4.06. The average molecular weight is 362 g/mol. The van der Waals surface area contributed by atoms with Crippen LogP contribution in [0.15, 0.2) is 41.4 Å². The van der Waals surface area contributed by atoms with Crippen LogP contribution in [0.4, 0.5) is 0 Å². The van der Waals surface area contributed by atoms with Gasteiger partial charge in [0, 0.05) is 50.6 Å². The largest absolute Gasteiger partial charge is 0.339 e. The number of rotatable bonds is 6. The van der Waals surface area contributed by atoms with Crippen molar-refractivity contribution in [3.8, 4) is 0 Å². The number of carbonyl (C=O) groups excluding carboxylic acids is 1. The van der Waals surface area contributed by atoms with Gasteiger partial charge in [0.2, 0.25) is 10.0 Å². The molecule has 0 aliphatic carbocycles. The lowest BCUT2D eigenvalue weighted by Gasteiger charge is -2.15. The summed E-state index contributed by atoms with van der Waals surface area (Å²) in [5.41, 5.74) is 1.36. The Hall–Kier alpha value is -2.19. The zero-order chi connectivity index (χ0) is 17.9. The van der Waals surface area contributed by atoms with Gasteiger partial charge in [0.15, 0.2) is 0 Å². The minimum Gasteiger partial charge on any atom is -0.339 e. The zero-order valence-corrected chi connectivity index (χ0v) is 15.0. The Kier molecular flexibility index (Phi) is 5.19. The first-order valence-corrected chi connectivity index (χ1v) is 9.81. The zero-order valence-electron chi connectivity index (χ0n) is 14.2. The lowest BCUT2D eigenvalue weighted by molar-refractivity contribution is 0.0792. The third kappa shape index (κ3) is 4.08. The molecule has 0 saturated carbocycles. The van der Waals surface area contributed by atoms with E-state index in [4.69, 9.17) is 0 Å². The van der Waals surface area contributed by atoms with E-state index in [1.807, 2.05) is 13.1 Å². The molecule has 1 saturated heterocycles. The summed E-state index contributed by atoms with van der Waals surface area (Å²) in [7, 11) is -1.84. The number of nitrogens with zero attached hydrogens (tertiary/aromatic N) is 3. The number of nitrogens with one attached hydrogen (secondary N) is 1. The monoisotopic (exact) mass is 362 g/mol. The van der Waals surface area contributed by atoms with Crippen molar-refractivity contribution in [2.45, 2.75) is 24.2 Å². The van der Waals surface area contributed by atoms with Crippen molar-refractivity contribution in [1.29, 1.82) is 0 Å². The first-order valence-electron chi connectivity index (χ1n) is 8.33. The highest BCUT2D eigenvalue weighted by atomic mass is 32.2. The van der Waals surface area contributed by atoms with Crippen molar-refractivity contribution in [2.24, 2.45) is 7.05 Å². The number of sulfonamides is 1. The standard InChI is InChI=1S/C17H22N4O3S/c1-20-15(7-9-18-20)8-10-19-25(23,24)16-6-4-5-14(13-16)17(22)21-11-2-3-12-21/h4-7,9,13,19H,2-3,8,10-12H2,1H3. The van der Waals surface area contributed by atoms with Gasteiger partial charge in [-0.2, -0.15) is 5.10 Å². The Bertz CT molecular complexity index is 854. The molecule has 1 aliphatic heterocycles. The smallest absolute Gasteiger partial charge is 0.253 e. The maximum Gasteiger partial charge on any atom is 0.253 e. The molecule has 1 aromatic heterocycles.